The van der Waals surface area contributed by atoms with Crippen LogP contribution in [0.5, 0.6) is 0 Å². The van der Waals surface area contributed by atoms with Crippen LogP contribution in [0.25, 0.3) is 0 Å². The molecule has 0 aromatic heterocycles. The van der Waals surface area contributed by atoms with Crippen LogP contribution in [0.15, 0.2) is 36.4 Å². The van der Waals surface area contributed by atoms with E-state index in [-0.39, 0.29) is 10.6 Å². The number of benzene rings is 2. The second-order valence-electron chi connectivity index (χ2n) is 4.30. The van der Waals surface area contributed by atoms with Crippen LogP contribution in [-0.2, 0) is 0 Å². The van der Waals surface area contributed by atoms with Gasteiger partial charge in [0.25, 0.3) is 0 Å². The first-order valence-electron chi connectivity index (χ1n) is 5.70. The average Bonchev–Trinajstić information content (AvgIpc) is 2.38. The van der Waals surface area contributed by atoms with Gasteiger partial charge in [0.15, 0.2) is 0 Å². The van der Waals surface area contributed by atoms with Crippen molar-refractivity contribution in [2.75, 3.05) is 0 Å². The molecule has 0 radical (unpaired) electrons. The van der Waals surface area contributed by atoms with Crippen LogP contribution in [-0.4, -0.2) is 0 Å². The van der Waals surface area contributed by atoms with Crippen molar-refractivity contribution in [2.45, 2.75) is 13.0 Å². The van der Waals surface area contributed by atoms with Crippen molar-refractivity contribution in [3.05, 3.63) is 69.7 Å². The van der Waals surface area contributed by atoms with Crippen LogP contribution in [0.1, 0.15) is 22.7 Å². The first kappa shape index (κ1) is 13.9. The molecule has 0 amide bonds. The van der Waals surface area contributed by atoms with Crippen LogP contribution >= 0.6 is 11.6 Å². The van der Waals surface area contributed by atoms with Gasteiger partial charge < -0.3 is 0 Å². The van der Waals surface area contributed by atoms with Crippen molar-refractivity contribution >= 4 is 11.6 Å². The molecule has 1 atom stereocenters. The van der Waals surface area contributed by atoms with E-state index in [0.717, 1.165) is 23.3 Å². The lowest BCUT2D eigenvalue weighted by molar-refractivity contribution is 0.546. The standard InChI is InChI=1S/C14H13ClF2N2/c1-8-2-4-9(5-3-8)14(19-18)10-6-13(17)11(15)7-12(10)16/h2-7,14,19H,18H2,1H3. The molecule has 0 spiro atoms. The highest BCUT2D eigenvalue weighted by Crippen LogP contribution is 2.28. The topological polar surface area (TPSA) is 38.0 Å². The summed E-state index contributed by atoms with van der Waals surface area (Å²) in [7, 11) is 0. The summed E-state index contributed by atoms with van der Waals surface area (Å²) in [5.41, 5.74) is 4.43. The molecular weight excluding hydrogens is 270 g/mol. The monoisotopic (exact) mass is 282 g/mol. The summed E-state index contributed by atoms with van der Waals surface area (Å²) in [6.45, 7) is 1.94. The highest BCUT2D eigenvalue weighted by atomic mass is 35.5. The molecule has 5 heteroatoms. The van der Waals surface area contributed by atoms with E-state index in [2.05, 4.69) is 5.43 Å². The Balaban J connectivity index is 2.47. The zero-order chi connectivity index (χ0) is 14.0. The van der Waals surface area contributed by atoms with Crippen LogP contribution in [0.3, 0.4) is 0 Å². The van der Waals surface area contributed by atoms with Gasteiger partial charge in [0.2, 0.25) is 0 Å². The third-order valence-corrected chi connectivity index (χ3v) is 3.22. The maximum Gasteiger partial charge on any atom is 0.142 e. The Hall–Kier alpha value is -1.49. The van der Waals surface area contributed by atoms with Crippen molar-refractivity contribution in [3.8, 4) is 0 Å². The van der Waals surface area contributed by atoms with Gasteiger partial charge in [-0.3, -0.25) is 5.84 Å². The molecule has 2 aromatic carbocycles. The minimum absolute atomic E-state index is 0.119. The maximum absolute atomic E-state index is 13.9. The normalized spacial score (nSPS) is 12.5. The Morgan fingerprint density at radius 3 is 2.32 bits per heavy atom. The number of nitrogens with two attached hydrogens (primary N) is 1. The van der Waals surface area contributed by atoms with E-state index in [4.69, 9.17) is 17.4 Å². The predicted octanol–water partition coefficient (Wildman–Crippen LogP) is 3.48. The largest absolute Gasteiger partial charge is 0.271 e. The van der Waals surface area contributed by atoms with E-state index in [0.29, 0.717) is 0 Å². The third-order valence-electron chi connectivity index (χ3n) is 2.93. The number of aryl methyl sites for hydroxylation is 1. The quantitative estimate of drug-likeness (QED) is 0.514. The minimum atomic E-state index is -0.676. The third kappa shape index (κ3) is 2.92. The molecule has 0 saturated heterocycles. The number of rotatable bonds is 3. The van der Waals surface area contributed by atoms with Gasteiger partial charge in [-0.2, -0.15) is 0 Å². The molecule has 19 heavy (non-hydrogen) atoms. The lowest BCUT2D eigenvalue weighted by Crippen LogP contribution is -2.29. The van der Waals surface area contributed by atoms with Crippen molar-refractivity contribution in [3.63, 3.8) is 0 Å². The molecule has 0 fully saturated rings. The summed E-state index contributed by atoms with van der Waals surface area (Å²) in [5, 5.41) is -0.249. The Morgan fingerprint density at radius 1 is 1.11 bits per heavy atom. The van der Waals surface area contributed by atoms with E-state index in [1.54, 1.807) is 0 Å². The summed E-state index contributed by atoms with van der Waals surface area (Å²) in [5.74, 6) is 4.18. The highest BCUT2D eigenvalue weighted by molar-refractivity contribution is 6.30. The van der Waals surface area contributed by atoms with E-state index in [1.807, 2.05) is 31.2 Å². The molecule has 100 valence electrons. The summed E-state index contributed by atoms with van der Waals surface area (Å²) < 4.78 is 27.4. The molecule has 2 aromatic rings. The Kier molecular flexibility index (Phi) is 4.14. The van der Waals surface area contributed by atoms with Gasteiger partial charge in [-0.15, -0.1) is 0 Å². The molecule has 0 aliphatic rings. The second-order valence-corrected chi connectivity index (χ2v) is 4.71. The zero-order valence-electron chi connectivity index (χ0n) is 10.3. The molecule has 0 heterocycles. The fourth-order valence-electron chi connectivity index (χ4n) is 1.88. The van der Waals surface area contributed by atoms with Gasteiger partial charge in [0.05, 0.1) is 11.1 Å². The van der Waals surface area contributed by atoms with E-state index in [1.165, 1.54) is 0 Å². The highest BCUT2D eigenvalue weighted by Gasteiger charge is 2.19. The molecule has 0 bridgehead atoms. The van der Waals surface area contributed by atoms with Gasteiger partial charge >= 0.3 is 0 Å². The van der Waals surface area contributed by atoms with Crippen molar-refractivity contribution in [1.29, 1.82) is 0 Å². The number of hydrogen-bond donors (Lipinski definition) is 2. The number of hydrazine groups is 1. The summed E-state index contributed by atoms with van der Waals surface area (Å²) >= 11 is 5.53. The molecule has 2 rings (SSSR count). The lowest BCUT2D eigenvalue weighted by atomic mass is 9.98. The molecular formula is C14H13ClF2N2. The fraction of sp³-hybridized carbons (Fsp3) is 0.143. The number of nitrogens with one attached hydrogen (secondary N) is 1. The molecule has 1 unspecified atom stereocenters. The van der Waals surface area contributed by atoms with E-state index >= 15 is 0 Å². The van der Waals surface area contributed by atoms with Gasteiger partial charge in [0, 0.05) is 5.56 Å². The van der Waals surface area contributed by atoms with Crippen LogP contribution < -0.4 is 11.3 Å². The van der Waals surface area contributed by atoms with E-state index < -0.39 is 17.7 Å². The molecule has 2 nitrogen and oxygen atoms in total. The Bertz CT molecular complexity index is 585. The maximum atomic E-state index is 13.9. The predicted molar refractivity (Wildman–Crippen MR) is 71.7 cm³/mol. The zero-order valence-corrected chi connectivity index (χ0v) is 11.0. The molecule has 0 aliphatic carbocycles. The van der Waals surface area contributed by atoms with Crippen LogP contribution in [0, 0.1) is 18.6 Å². The number of halogens is 3. The van der Waals surface area contributed by atoms with Crippen molar-refractivity contribution < 1.29 is 8.78 Å². The Labute approximate surface area is 115 Å². The number of hydrogen-bond acceptors (Lipinski definition) is 2. The van der Waals surface area contributed by atoms with Gasteiger partial charge in [0.1, 0.15) is 11.6 Å². The van der Waals surface area contributed by atoms with Crippen LogP contribution in [0.2, 0.25) is 5.02 Å². The first-order valence-corrected chi connectivity index (χ1v) is 6.08. The van der Waals surface area contributed by atoms with Gasteiger partial charge in [-0.1, -0.05) is 41.4 Å². The van der Waals surface area contributed by atoms with Crippen molar-refractivity contribution in [2.24, 2.45) is 5.84 Å². The summed E-state index contributed by atoms with van der Waals surface area (Å²) in [6, 6.07) is 8.75. The molecule has 0 saturated carbocycles. The Morgan fingerprint density at radius 2 is 1.74 bits per heavy atom. The van der Waals surface area contributed by atoms with E-state index in [9.17, 15) is 8.78 Å². The summed E-state index contributed by atoms with van der Waals surface area (Å²) in [6.07, 6.45) is 0. The SMILES string of the molecule is Cc1ccc(C(NN)c2cc(F)c(Cl)cc2F)cc1. The second kappa shape index (κ2) is 5.65. The van der Waals surface area contributed by atoms with Gasteiger partial charge in [-0.25, -0.2) is 14.2 Å². The van der Waals surface area contributed by atoms with Gasteiger partial charge in [-0.05, 0) is 24.6 Å². The fourth-order valence-corrected chi connectivity index (χ4v) is 2.03. The first-order chi connectivity index (χ1) is 9.02. The summed E-state index contributed by atoms with van der Waals surface area (Å²) in [4.78, 5) is 0. The average molecular weight is 283 g/mol. The smallest absolute Gasteiger partial charge is 0.142 e. The molecule has 3 N–H and O–H groups in total. The molecule has 0 aliphatic heterocycles. The lowest BCUT2D eigenvalue weighted by Gasteiger charge is -2.18. The minimum Gasteiger partial charge on any atom is -0.271 e. The van der Waals surface area contributed by atoms with Crippen LogP contribution in [0.4, 0.5) is 8.78 Å². The van der Waals surface area contributed by atoms with Crippen molar-refractivity contribution in [1.82, 2.24) is 5.43 Å².